The molecule has 3 aliphatic rings. The maximum absolute atomic E-state index is 10.8. The molecule has 3 heteroatoms. The first-order chi connectivity index (χ1) is 5.77. The predicted octanol–water partition coefficient (Wildman–Crippen LogP) is 1.93. The number of nitrogens with zero attached hydrogens (tertiary/aromatic N) is 1. The Kier molecular flexibility index (Phi) is 1.95. The summed E-state index contributed by atoms with van der Waals surface area (Å²) in [6.45, 7) is 0.769. The zero-order chi connectivity index (χ0) is 8.55. The molecule has 68 valence electrons. The molecular weight excluding hydrogens is 154 g/mol. The van der Waals surface area contributed by atoms with E-state index < -0.39 is 6.09 Å². The van der Waals surface area contributed by atoms with Crippen molar-refractivity contribution in [3.63, 3.8) is 0 Å². The number of hydrogen-bond donors (Lipinski definition) is 1. The van der Waals surface area contributed by atoms with Crippen LogP contribution in [0.1, 0.15) is 32.1 Å². The lowest BCUT2D eigenvalue weighted by molar-refractivity contribution is 0.123. The molecular formula is C9H15NO2. The number of hydrogen-bond acceptors (Lipinski definition) is 1. The minimum atomic E-state index is -0.720. The molecule has 0 radical (unpaired) electrons. The van der Waals surface area contributed by atoms with Crippen molar-refractivity contribution in [2.75, 3.05) is 6.54 Å². The Balaban J connectivity index is 2.10. The summed E-state index contributed by atoms with van der Waals surface area (Å²) in [4.78, 5) is 12.5. The Bertz CT molecular complexity index is 185. The lowest BCUT2D eigenvalue weighted by Crippen LogP contribution is -2.38. The molecule has 0 spiro atoms. The first-order valence-electron chi connectivity index (χ1n) is 4.77. The van der Waals surface area contributed by atoms with Crippen LogP contribution in [0.2, 0.25) is 0 Å². The summed E-state index contributed by atoms with van der Waals surface area (Å²) in [6, 6.07) is 0.334. The largest absolute Gasteiger partial charge is 0.465 e. The van der Waals surface area contributed by atoms with Gasteiger partial charge in [-0.15, -0.1) is 0 Å². The van der Waals surface area contributed by atoms with Crippen molar-refractivity contribution in [3.05, 3.63) is 0 Å². The first kappa shape index (κ1) is 7.90. The highest BCUT2D eigenvalue weighted by atomic mass is 16.4. The molecule has 0 aromatic rings. The molecule has 3 rings (SSSR count). The van der Waals surface area contributed by atoms with Crippen LogP contribution in [0.15, 0.2) is 0 Å². The van der Waals surface area contributed by atoms with Gasteiger partial charge in [0.2, 0.25) is 0 Å². The highest BCUT2D eigenvalue weighted by Gasteiger charge is 2.32. The third kappa shape index (κ3) is 1.28. The van der Waals surface area contributed by atoms with E-state index in [9.17, 15) is 4.79 Å². The second-order valence-electron chi connectivity index (χ2n) is 3.94. The van der Waals surface area contributed by atoms with Gasteiger partial charge in [-0.25, -0.2) is 4.79 Å². The van der Waals surface area contributed by atoms with Gasteiger partial charge in [0.1, 0.15) is 0 Å². The first-order valence-corrected chi connectivity index (χ1v) is 4.77. The van der Waals surface area contributed by atoms with E-state index in [0.29, 0.717) is 6.04 Å². The minimum Gasteiger partial charge on any atom is -0.465 e. The van der Waals surface area contributed by atoms with E-state index in [-0.39, 0.29) is 0 Å². The standard InChI is InChI=1S/C9H15NO2/c11-9(12)10-6-5-7-1-3-8(10)4-2-7/h7-8H,1-6H2,(H,11,12). The summed E-state index contributed by atoms with van der Waals surface area (Å²) in [5.74, 6) is 0.811. The second-order valence-corrected chi connectivity index (χ2v) is 3.94. The van der Waals surface area contributed by atoms with E-state index in [2.05, 4.69) is 0 Å². The van der Waals surface area contributed by atoms with Crippen LogP contribution < -0.4 is 0 Å². The lowest BCUT2D eigenvalue weighted by Gasteiger charge is -2.28. The summed E-state index contributed by atoms with van der Waals surface area (Å²) in [5.41, 5.74) is 0. The van der Waals surface area contributed by atoms with E-state index in [0.717, 1.165) is 31.7 Å². The van der Waals surface area contributed by atoms with Crippen molar-refractivity contribution >= 4 is 6.09 Å². The van der Waals surface area contributed by atoms with Crippen LogP contribution in [0.25, 0.3) is 0 Å². The van der Waals surface area contributed by atoms with E-state index in [1.54, 1.807) is 4.90 Å². The number of carboxylic acid groups (broad SMARTS) is 1. The van der Waals surface area contributed by atoms with E-state index in [1.165, 1.54) is 12.8 Å². The van der Waals surface area contributed by atoms with Gasteiger partial charge in [0, 0.05) is 12.6 Å². The zero-order valence-electron chi connectivity index (χ0n) is 7.20. The van der Waals surface area contributed by atoms with Gasteiger partial charge in [-0.1, -0.05) is 0 Å². The third-order valence-electron chi connectivity index (χ3n) is 3.28. The molecule has 2 heterocycles. The Hall–Kier alpha value is -0.730. The van der Waals surface area contributed by atoms with Crippen LogP contribution in [0.3, 0.4) is 0 Å². The SMILES string of the molecule is O=C(O)N1CCC2CCC1CC2. The molecule has 0 aromatic carbocycles. The van der Waals surface area contributed by atoms with Gasteiger partial charge in [0.05, 0.1) is 0 Å². The smallest absolute Gasteiger partial charge is 0.407 e. The molecule has 2 bridgehead atoms. The maximum Gasteiger partial charge on any atom is 0.407 e. The Morgan fingerprint density at radius 3 is 2.42 bits per heavy atom. The zero-order valence-corrected chi connectivity index (χ0v) is 7.20. The molecule has 1 aliphatic carbocycles. The molecule has 0 unspecified atom stereocenters. The molecule has 1 saturated carbocycles. The van der Waals surface area contributed by atoms with Crippen LogP contribution in [0.5, 0.6) is 0 Å². The Labute approximate surface area is 72.4 Å². The fourth-order valence-electron chi connectivity index (χ4n) is 2.50. The summed E-state index contributed by atoms with van der Waals surface area (Å²) >= 11 is 0. The highest BCUT2D eigenvalue weighted by Crippen LogP contribution is 2.33. The van der Waals surface area contributed by atoms with E-state index in [4.69, 9.17) is 5.11 Å². The predicted molar refractivity (Wildman–Crippen MR) is 45.1 cm³/mol. The van der Waals surface area contributed by atoms with E-state index >= 15 is 0 Å². The molecule has 3 nitrogen and oxygen atoms in total. The molecule has 3 fully saturated rings. The molecule has 2 aliphatic heterocycles. The van der Waals surface area contributed by atoms with Gasteiger partial charge in [-0.3, -0.25) is 0 Å². The van der Waals surface area contributed by atoms with Crippen molar-refractivity contribution in [2.24, 2.45) is 5.92 Å². The van der Waals surface area contributed by atoms with Gasteiger partial charge in [0.15, 0.2) is 0 Å². The normalized spacial score (nSPS) is 34.8. The van der Waals surface area contributed by atoms with Gasteiger partial charge < -0.3 is 10.0 Å². The van der Waals surface area contributed by atoms with E-state index in [1.807, 2.05) is 0 Å². The average Bonchev–Trinajstić information content (AvgIpc) is 2.36. The Morgan fingerprint density at radius 2 is 1.83 bits per heavy atom. The van der Waals surface area contributed by atoms with Gasteiger partial charge >= 0.3 is 6.09 Å². The molecule has 1 N–H and O–H groups in total. The van der Waals surface area contributed by atoms with Crippen molar-refractivity contribution in [1.82, 2.24) is 4.90 Å². The van der Waals surface area contributed by atoms with Gasteiger partial charge in [-0.2, -0.15) is 0 Å². The van der Waals surface area contributed by atoms with Crippen LogP contribution >= 0.6 is 0 Å². The number of rotatable bonds is 0. The topological polar surface area (TPSA) is 40.5 Å². The lowest BCUT2D eigenvalue weighted by atomic mass is 9.86. The van der Waals surface area contributed by atoms with Crippen molar-refractivity contribution < 1.29 is 9.90 Å². The maximum atomic E-state index is 10.8. The summed E-state index contributed by atoms with van der Waals surface area (Å²) in [7, 11) is 0. The van der Waals surface area contributed by atoms with Crippen molar-refractivity contribution in [3.8, 4) is 0 Å². The van der Waals surface area contributed by atoms with Crippen molar-refractivity contribution in [2.45, 2.75) is 38.1 Å². The van der Waals surface area contributed by atoms with Crippen LogP contribution in [-0.2, 0) is 0 Å². The van der Waals surface area contributed by atoms with Crippen LogP contribution in [-0.4, -0.2) is 28.7 Å². The monoisotopic (exact) mass is 169 g/mol. The van der Waals surface area contributed by atoms with Crippen molar-refractivity contribution in [1.29, 1.82) is 0 Å². The fraction of sp³-hybridized carbons (Fsp3) is 0.889. The summed E-state index contributed by atoms with van der Waals surface area (Å²) < 4.78 is 0. The quantitative estimate of drug-likeness (QED) is 0.602. The number of fused-ring (bicyclic) bond motifs is 4. The molecule has 0 atom stereocenters. The second kappa shape index (κ2) is 2.96. The van der Waals surface area contributed by atoms with Crippen LogP contribution in [0.4, 0.5) is 4.79 Å². The summed E-state index contributed by atoms with van der Waals surface area (Å²) in [5, 5.41) is 8.91. The minimum absolute atomic E-state index is 0.334. The highest BCUT2D eigenvalue weighted by molar-refractivity contribution is 5.65. The average molecular weight is 169 g/mol. The number of carbonyl (C=O) groups is 1. The van der Waals surface area contributed by atoms with Crippen LogP contribution in [0, 0.1) is 5.92 Å². The Morgan fingerprint density at radius 1 is 1.17 bits per heavy atom. The molecule has 12 heavy (non-hydrogen) atoms. The van der Waals surface area contributed by atoms with Gasteiger partial charge in [0.25, 0.3) is 0 Å². The third-order valence-corrected chi connectivity index (χ3v) is 3.28. The molecule has 2 saturated heterocycles. The fourth-order valence-corrected chi connectivity index (χ4v) is 2.50. The summed E-state index contributed by atoms with van der Waals surface area (Å²) in [6.07, 6.45) is 5.04. The molecule has 1 amide bonds. The molecule has 0 aromatic heterocycles. The van der Waals surface area contributed by atoms with Gasteiger partial charge in [-0.05, 0) is 38.0 Å². The number of amides is 1.